The van der Waals surface area contributed by atoms with E-state index in [1.54, 1.807) is 6.20 Å². The molecule has 3 aromatic heterocycles. The number of fused-ring (bicyclic) bond motifs is 1. The summed E-state index contributed by atoms with van der Waals surface area (Å²) in [5, 5.41) is 14.5. The lowest BCUT2D eigenvalue weighted by Gasteiger charge is -2.25. The number of nitrogens with zero attached hydrogens (tertiary/aromatic N) is 4. The third-order valence-corrected chi connectivity index (χ3v) is 7.38. The van der Waals surface area contributed by atoms with Gasteiger partial charge in [-0.3, -0.25) is 14.9 Å². The number of aryl methyl sites for hydroxylation is 2. The van der Waals surface area contributed by atoms with Crippen molar-refractivity contribution in [1.82, 2.24) is 19.9 Å². The average Bonchev–Trinajstić information content (AvgIpc) is 3.36. The molecule has 0 spiro atoms. The molecular formula is C28H28N6S. The molecule has 1 fully saturated rings. The van der Waals surface area contributed by atoms with E-state index in [-0.39, 0.29) is 0 Å². The molecule has 0 unspecified atom stereocenters. The molecule has 6 nitrogen and oxygen atoms in total. The first-order valence-corrected chi connectivity index (χ1v) is 13.0. The molecule has 4 aromatic rings. The summed E-state index contributed by atoms with van der Waals surface area (Å²) in [7, 11) is 0. The fourth-order valence-electron chi connectivity index (χ4n) is 4.43. The van der Waals surface area contributed by atoms with Crippen molar-refractivity contribution in [2.75, 3.05) is 29.9 Å². The predicted molar refractivity (Wildman–Crippen MR) is 146 cm³/mol. The molecule has 35 heavy (non-hydrogen) atoms. The summed E-state index contributed by atoms with van der Waals surface area (Å²) >= 11 is 2.02. The van der Waals surface area contributed by atoms with Crippen LogP contribution in [-0.4, -0.2) is 44.4 Å². The van der Waals surface area contributed by atoms with Gasteiger partial charge in [0.1, 0.15) is 6.07 Å². The molecule has 0 amide bonds. The van der Waals surface area contributed by atoms with Gasteiger partial charge in [0.05, 0.1) is 22.6 Å². The lowest BCUT2D eigenvalue weighted by molar-refractivity contribution is 0.291. The van der Waals surface area contributed by atoms with Crippen LogP contribution in [0.15, 0.2) is 48.8 Å². The monoisotopic (exact) mass is 480 g/mol. The maximum Gasteiger partial charge on any atom is 0.103 e. The Morgan fingerprint density at radius 1 is 1.14 bits per heavy atom. The Labute approximate surface area is 210 Å². The second-order valence-corrected chi connectivity index (χ2v) is 9.96. The van der Waals surface area contributed by atoms with Crippen LogP contribution < -0.4 is 5.32 Å². The molecular weight excluding hydrogens is 452 g/mol. The van der Waals surface area contributed by atoms with Crippen LogP contribution in [0.4, 0.5) is 11.4 Å². The highest BCUT2D eigenvalue weighted by Crippen LogP contribution is 2.32. The first-order chi connectivity index (χ1) is 17.1. The SMILES string of the molecule is Cc1ncc(C#N)c(Nc2ccc3[nH]ccc3c2C)c1C=Cc1cccc(CN2CCSCC2)n1. The fourth-order valence-corrected chi connectivity index (χ4v) is 5.41. The highest BCUT2D eigenvalue weighted by Gasteiger charge is 2.14. The minimum Gasteiger partial charge on any atom is -0.361 e. The molecule has 1 aliphatic heterocycles. The minimum atomic E-state index is 0.508. The van der Waals surface area contributed by atoms with Gasteiger partial charge in [0, 0.05) is 71.4 Å². The van der Waals surface area contributed by atoms with Crippen LogP contribution in [0.3, 0.4) is 0 Å². The molecule has 0 saturated carbocycles. The van der Waals surface area contributed by atoms with Crippen LogP contribution in [0, 0.1) is 25.2 Å². The Hall–Kier alpha value is -3.60. The summed E-state index contributed by atoms with van der Waals surface area (Å²) in [6.45, 7) is 7.15. The summed E-state index contributed by atoms with van der Waals surface area (Å²) in [4.78, 5) is 15.1. The Balaban J connectivity index is 1.45. The number of hydrogen-bond acceptors (Lipinski definition) is 6. The first kappa shape index (κ1) is 23.2. The summed E-state index contributed by atoms with van der Waals surface area (Å²) < 4.78 is 0. The van der Waals surface area contributed by atoms with Crippen molar-refractivity contribution < 1.29 is 0 Å². The van der Waals surface area contributed by atoms with Crippen LogP contribution in [0.25, 0.3) is 23.1 Å². The maximum atomic E-state index is 9.82. The Morgan fingerprint density at radius 2 is 2.00 bits per heavy atom. The Morgan fingerprint density at radius 3 is 2.83 bits per heavy atom. The van der Waals surface area contributed by atoms with Crippen molar-refractivity contribution in [2.24, 2.45) is 0 Å². The molecule has 2 N–H and O–H groups in total. The highest BCUT2D eigenvalue weighted by atomic mass is 32.2. The first-order valence-electron chi connectivity index (χ1n) is 11.8. The number of benzene rings is 1. The zero-order valence-electron chi connectivity index (χ0n) is 20.0. The van der Waals surface area contributed by atoms with Gasteiger partial charge in [0.25, 0.3) is 0 Å². The van der Waals surface area contributed by atoms with E-state index in [1.165, 1.54) is 11.5 Å². The molecule has 0 radical (unpaired) electrons. The van der Waals surface area contributed by atoms with E-state index in [9.17, 15) is 5.26 Å². The van der Waals surface area contributed by atoms with Gasteiger partial charge in [0.15, 0.2) is 0 Å². The van der Waals surface area contributed by atoms with Crippen LogP contribution in [-0.2, 0) is 6.54 Å². The quantitative estimate of drug-likeness (QED) is 0.357. The molecule has 0 aliphatic carbocycles. The molecule has 0 bridgehead atoms. The van der Waals surface area contributed by atoms with Crippen LogP contribution >= 0.6 is 11.8 Å². The smallest absolute Gasteiger partial charge is 0.103 e. The second-order valence-electron chi connectivity index (χ2n) is 8.74. The lowest BCUT2D eigenvalue weighted by atomic mass is 10.0. The van der Waals surface area contributed by atoms with Gasteiger partial charge in [-0.15, -0.1) is 0 Å². The number of nitriles is 1. The number of thioether (sulfide) groups is 1. The molecule has 5 rings (SSSR count). The Bertz CT molecular complexity index is 1430. The number of rotatable bonds is 6. The van der Waals surface area contributed by atoms with E-state index < -0.39 is 0 Å². The van der Waals surface area contributed by atoms with E-state index >= 15 is 0 Å². The van der Waals surface area contributed by atoms with Crippen molar-refractivity contribution >= 4 is 46.2 Å². The molecule has 0 atom stereocenters. The number of hydrogen-bond donors (Lipinski definition) is 2. The topological polar surface area (TPSA) is 80.6 Å². The van der Waals surface area contributed by atoms with Crippen LogP contribution in [0.5, 0.6) is 0 Å². The molecule has 7 heteroatoms. The van der Waals surface area contributed by atoms with Gasteiger partial charge in [-0.2, -0.15) is 17.0 Å². The van der Waals surface area contributed by atoms with Gasteiger partial charge >= 0.3 is 0 Å². The summed E-state index contributed by atoms with van der Waals surface area (Å²) in [6.07, 6.45) is 7.60. The second kappa shape index (κ2) is 10.3. The number of pyridine rings is 2. The number of H-pyrrole nitrogens is 1. The lowest BCUT2D eigenvalue weighted by Crippen LogP contribution is -2.32. The number of aromatic nitrogens is 3. The van der Waals surface area contributed by atoms with Gasteiger partial charge in [-0.1, -0.05) is 6.07 Å². The van der Waals surface area contributed by atoms with E-state index in [1.807, 2.05) is 49.2 Å². The minimum absolute atomic E-state index is 0.508. The van der Waals surface area contributed by atoms with Crippen molar-refractivity contribution in [1.29, 1.82) is 5.26 Å². The third-order valence-electron chi connectivity index (χ3n) is 6.44. The van der Waals surface area contributed by atoms with E-state index in [0.29, 0.717) is 5.56 Å². The van der Waals surface area contributed by atoms with E-state index in [2.05, 4.69) is 57.4 Å². The third kappa shape index (κ3) is 5.09. The Kier molecular flexibility index (Phi) is 6.84. The summed E-state index contributed by atoms with van der Waals surface area (Å²) in [5.41, 5.74) is 8.16. The van der Waals surface area contributed by atoms with Crippen LogP contribution in [0.1, 0.15) is 33.8 Å². The van der Waals surface area contributed by atoms with Gasteiger partial charge in [0.2, 0.25) is 0 Å². The zero-order valence-corrected chi connectivity index (χ0v) is 20.8. The van der Waals surface area contributed by atoms with Gasteiger partial charge in [-0.05, 0) is 61.9 Å². The fraction of sp³-hybridized carbons (Fsp3) is 0.250. The normalized spacial score (nSPS) is 14.4. The molecule has 1 saturated heterocycles. The van der Waals surface area contributed by atoms with E-state index in [0.717, 1.165) is 70.1 Å². The average molecular weight is 481 g/mol. The molecule has 1 aromatic carbocycles. The zero-order chi connectivity index (χ0) is 24.2. The van der Waals surface area contributed by atoms with Crippen molar-refractivity contribution in [3.05, 3.63) is 82.6 Å². The highest BCUT2D eigenvalue weighted by molar-refractivity contribution is 7.99. The summed E-state index contributed by atoms with van der Waals surface area (Å²) in [6, 6.07) is 14.6. The number of anilines is 2. The number of nitrogens with one attached hydrogen (secondary N) is 2. The van der Waals surface area contributed by atoms with Crippen molar-refractivity contribution in [2.45, 2.75) is 20.4 Å². The summed E-state index contributed by atoms with van der Waals surface area (Å²) in [5.74, 6) is 2.38. The number of aromatic amines is 1. The molecule has 176 valence electrons. The van der Waals surface area contributed by atoms with Crippen molar-refractivity contribution in [3.8, 4) is 6.07 Å². The van der Waals surface area contributed by atoms with Crippen LogP contribution in [0.2, 0.25) is 0 Å². The largest absolute Gasteiger partial charge is 0.361 e. The van der Waals surface area contributed by atoms with Gasteiger partial charge < -0.3 is 10.3 Å². The maximum absolute atomic E-state index is 9.82. The molecule has 1 aliphatic rings. The predicted octanol–water partition coefficient (Wildman–Crippen LogP) is 5.91. The standard InChI is InChI=1S/C28H28N6S/c1-19-24-10-11-30-27(24)9-8-26(19)33-28-21(16-29)17-31-20(2)25(28)7-6-22-4-3-5-23(32-22)18-34-12-14-35-15-13-34/h3-11,17,30H,12-15,18H2,1-2H3,(H,31,33). The van der Waals surface area contributed by atoms with E-state index in [4.69, 9.17) is 4.98 Å². The van der Waals surface area contributed by atoms with Crippen molar-refractivity contribution in [3.63, 3.8) is 0 Å². The molecule has 4 heterocycles. The van der Waals surface area contributed by atoms with Gasteiger partial charge in [-0.25, -0.2) is 0 Å².